The van der Waals surface area contributed by atoms with Crippen molar-refractivity contribution in [1.29, 1.82) is 0 Å². The Morgan fingerprint density at radius 1 is 1.47 bits per heavy atom. The first-order valence-corrected chi connectivity index (χ1v) is 6.70. The molecule has 2 N–H and O–H groups in total. The molecule has 4 nitrogen and oxygen atoms in total. The van der Waals surface area contributed by atoms with Gasteiger partial charge in [0.25, 0.3) is 0 Å². The number of rotatable bonds is 8. The van der Waals surface area contributed by atoms with Crippen LogP contribution in [0.15, 0.2) is 12.3 Å². The van der Waals surface area contributed by atoms with Gasteiger partial charge in [-0.1, -0.05) is 32.6 Å². The SMILES string of the molecule is CCCCCCC(C)Nc1nccc(C(=O)O)c1F. The van der Waals surface area contributed by atoms with Crippen molar-refractivity contribution >= 4 is 11.8 Å². The number of unbranched alkanes of at least 4 members (excludes halogenated alkanes) is 3. The molecule has 0 aliphatic heterocycles. The van der Waals surface area contributed by atoms with Gasteiger partial charge in [-0.2, -0.15) is 0 Å². The van der Waals surface area contributed by atoms with E-state index in [-0.39, 0.29) is 17.4 Å². The van der Waals surface area contributed by atoms with Crippen LogP contribution >= 0.6 is 0 Å². The van der Waals surface area contributed by atoms with Gasteiger partial charge in [0.05, 0.1) is 0 Å². The van der Waals surface area contributed by atoms with Gasteiger partial charge in [0.2, 0.25) is 0 Å². The number of hydrogen-bond acceptors (Lipinski definition) is 3. The number of carbonyl (C=O) groups is 1. The van der Waals surface area contributed by atoms with Crippen LogP contribution in [0.4, 0.5) is 10.2 Å². The van der Waals surface area contributed by atoms with Gasteiger partial charge in [-0.25, -0.2) is 14.2 Å². The smallest absolute Gasteiger partial charge is 0.338 e. The Labute approximate surface area is 113 Å². The number of halogens is 1. The zero-order chi connectivity index (χ0) is 14.3. The predicted molar refractivity (Wildman–Crippen MR) is 73.0 cm³/mol. The summed E-state index contributed by atoms with van der Waals surface area (Å²) in [4.78, 5) is 14.7. The van der Waals surface area contributed by atoms with E-state index in [9.17, 15) is 9.18 Å². The lowest BCUT2D eigenvalue weighted by Crippen LogP contribution is -2.18. The molecule has 0 radical (unpaired) electrons. The summed E-state index contributed by atoms with van der Waals surface area (Å²) in [6.45, 7) is 4.10. The lowest BCUT2D eigenvalue weighted by molar-refractivity contribution is 0.0692. The number of carboxylic acids is 1. The van der Waals surface area contributed by atoms with Crippen molar-refractivity contribution in [2.45, 2.75) is 52.0 Å². The molecule has 106 valence electrons. The first-order valence-electron chi connectivity index (χ1n) is 6.70. The Morgan fingerprint density at radius 2 is 2.21 bits per heavy atom. The highest BCUT2D eigenvalue weighted by molar-refractivity contribution is 5.88. The number of pyridine rings is 1. The molecule has 0 bridgehead atoms. The number of carboxylic acid groups (broad SMARTS) is 1. The Morgan fingerprint density at radius 3 is 2.84 bits per heavy atom. The Bertz CT molecular complexity index is 424. The van der Waals surface area contributed by atoms with Gasteiger partial charge < -0.3 is 10.4 Å². The van der Waals surface area contributed by atoms with Gasteiger partial charge in [0.1, 0.15) is 5.56 Å². The minimum atomic E-state index is -1.28. The van der Waals surface area contributed by atoms with E-state index in [1.165, 1.54) is 19.0 Å². The van der Waals surface area contributed by atoms with E-state index in [2.05, 4.69) is 17.2 Å². The average molecular weight is 268 g/mol. The summed E-state index contributed by atoms with van der Waals surface area (Å²) in [5.41, 5.74) is -0.351. The molecule has 0 aromatic carbocycles. The molecule has 0 fully saturated rings. The average Bonchev–Trinajstić information content (AvgIpc) is 2.37. The van der Waals surface area contributed by atoms with Gasteiger partial charge in [-0.3, -0.25) is 0 Å². The number of nitrogens with one attached hydrogen (secondary N) is 1. The number of aromatic nitrogens is 1. The van der Waals surface area contributed by atoms with Crippen LogP contribution in [0.3, 0.4) is 0 Å². The molecule has 1 rings (SSSR count). The second-order valence-electron chi connectivity index (χ2n) is 4.72. The van der Waals surface area contributed by atoms with Crippen molar-refractivity contribution in [2.75, 3.05) is 5.32 Å². The first kappa shape index (κ1) is 15.4. The van der Waals surface area contributed by atoms with Crippen molar-refractivity contribution in [3.8, 4) is 0 Å². The third-order valence-electron chi connectivity index (χ3n) is 2.99. The molecule has 0 spiro atoms. The molecule has 0 saturated carbocycles. The zero-order valence-corrected chi connectivity index (χ0v) is 11.4. The van der Waals surface area contributed by atoms with Gasteiger partial charge in [0, 0.05) is 12.2 Å². The van der Waals surface area contributed by atoms with E-state index in [4.69, 9.17) is 5.11 Å². The Hall–Kier alpha value is -1.65. The Kier molecular flexibility index (Phi) is 6.25. The standard InChI is InChI=1S/C14H21FN2O2/c1-3-4-5-6-7-10(2)17-13-12(15)11(14(18)19)8-9-16-13/h8-10H,3-7H2,1-2H3,(H,16,17)(H,18,19). The van der Waals surface area contributed by atoms with Crippen LogP contribution in [-0.2, 0) is 0 Å². The number of aromatic carboxylic acids is 1. The van der Waals surface area contributed by atoms with Crippen LogP contribution in [0, 0.1) is 5.82 Å². The molecule has 0 aliphatic carbocycles. The molecule has 1 heterocycles. The van der Waals surface area contributed by atoms with Gasteiger partial charge in [0.15, 0.2) is 11.6 Å². The largest absolute Gasteiger partial charge is 0.478 e. The fourth-order valence-electron chi connectivity index (χ4n) is 1.89. The molecule has 1 aromatic heterocycles. The number of anilines is 1. The Balaban J connectivity index is 2.57. The number of hydrogen-bond donors (Lipinski definition) is 2. The molecule has 1 atom stereocenters. The van der Waals surface area contributed by atoms with Crippen LogP contribution in [0.1, 0.15) is 56.3 Å². The molecule has 5 heteroatoms. The molecular formula is C14H21FN2O2. The van der Waals surface area contributed by atoms with Crippen LogP contribution in [0.5, 0.6) is 0 Å². The fourth-order valence-corrected chi connectivity index (χ4v) is 1.89. The lowest BCUT2D eigenvalue weighted by atomic mass is 10.1. The van der Waals surface area contributed by atoms with Crippen molar-refractivity contribution in [1.82, 2.24) is 4.98 Å². The normalized spacial score (nSPS) is 12.2. The van der Waals surface area contributed by atoms with E-state index in [0.717, 1.165) is 25.3 Å². The van der Waals surface area contributed by atoms with E-state index >= 15 is 0 Å². The maximum Gasteiger partial charge on any atom is 0.338 e. The summed E-state index contributed by atoms with van der Waals surface area (Å²) in [7, 11) is 0. The van der Waals surface area contributed by atoms with E-state index < -0.39 is 11.8 Å². The molecular weight excluding hydrogens is 247 g/mol. The van der Waals surface area contributed by atoms with Crippen LogP contribution in [0.25, 0.3) is 0 Å². The van der Waals surface area contributed by atoms with Crippen LogP contribution < -0.4 is 5.32 Å². The van der Waals surface area contributed by atoms with Crippen molar-refractivity contribution in [2.24, 2.45) is 0 Å². The molecule has 19 heavy (non-hydrogen) atoms. The van der Waals surface area contributed by atoms with Crippen molar-refractivity contribution < 1.29 is 14.3 Å². The highest BCUT2D eigenvalue weighted by Crippen LogP contribution is 2.17. The van der Waals surface area contributed by atoms with E-state index in [0.29, 0.717) is 0 Å². The third-order valence-corrected chi connectivity index (χ3v) is 2.99. The monoisotopic (exact) mass is 268 g/mol. The number of nitrogens with zero attached hydrogens (tertiary/aromatic N) is 1. The summed E-state index contributed by atoms with van der Waals surface area (Å²) in [6, 6.07) is 1.23. The highest BCUT2D eigenvalue weighted by atomic mass is 19.1. The van der Waals surface area contributed by atoms with Crippen LogP contribution in [0.2, 0.25) is 0 Å². The van der Waals surface area contributed by atoms with Gasteiger partial charge >= 0.3 is 5.97 Å². The first-order chi connectivity index (χ1) is 9.06. The summed E-state index contributed by atoms with van der Waals surface area (Å²) >= 11 is 0. The minimum Gasteiger partial charge on any atom is -0.478 e. The van der Waals surface area contributed by atoms with Gasteiger partial charge in [-0.15, -0.1) is 0 Å². The predicted octanol–water partition coefficient (Wildman–Crippen LogP) is 3.69. The summed E-state index contributed by atoms with van der Waals surface area (Å²) in [6.07, 6.45) is 6.83. The summed E-state index contributed by atoms with van der Waals surface area (Å²) < 4.78 is 13.8. The molecule has 0 aliphatic rings. The topological polar surface area (TPSA) is 62.2 Å². The third kappa shape index (κ3) is 4.85. The highest BCUT2D eigenvalue weighted by Gasteiger charge is 2.16. The maximum absolute atomic E-state index is 13.8. The summed E-state index contributed by atoms with van der Waals surface area (Å²) in [5, 5.41) is 11.8. The molecule has 1 unspecified atom stereocenters. The van der Waals surface area contributed by atoms with Crippen molar-refractivity contribution in [3.63, 3.8) is 0 Å². The quantitative estimate of drug-likeness (QED) is 0.706. The fraction of sp³-hybridized carbons (Fsp3) is 0.571. The minimum absolute atomic E-state index is 0.0166. The zero-order valence-electron chi connectivity index (χ0n) is 11.4. The van der Waals surface area contributed by atoms with Crippen molar-refractivity contribution in [3.05, 3.63) is 23.6 Å². The second-order valence-corrected chi connectivity index (χ2v) is 4.72. The molecule has 0 saturated heterocycles. The van der Waals surface area contributed by atoms with Crippen LogP contribution in [-0.4, -0.2) is 22.1 Å². The van der Waals surface area contributed by atoms with Gasteiger partial charge in [-0.05, 0) is 19.4 Å². The maximum atomic E-state index is 13.8. The molecule has 0 amide bonds. The van der Waals surface area contributed by atoms with E-state index in [1.54, 1.807) is 0 Å². The van der Waals surface area contributed by atoms with E-state index in [1.807, 2.05) is 6.92 Å². The summed E-state index contributed by atoms with van der Waals surface area (Å²) in [5.74, 6) is -2.06. The molecule has 1 aromatic rings. The lowest BCUT2D eigenvalue weighted by Gasteiger charge is -2.15. The second kappa shape index (κ2) is 7.71.